The highest BCUT2D eigenvalue weighted by molar-refractivity contribution is 9.10. The molecule has 0 radical (unpaired) electrons. The van der Waals surface area contributed by atoms with Crippen LogP contribution in [0.2, 0.25) is 0 Å². The van der Waals surface area contributed by atoms with Gasteiger partial charge in [-0.05, 0) is 82.5 Å². The number of amides is 1. The molecule has 0 fully saturated rings. The monoisotopic (exact) mass is 564 g/mol. The van der Waals surface area contributed by atoms with Crippen LogP contribution < -0.4 is 24.3 Å². The lowest BCUT2D eigenvalue weighted by Crippen LogP contribution is -2.24. The predicted octanol–water partition coefficient (Wildman–Crippen LogP) is 5.16. The van der Waals surface area contributed by atoms with E-state index in [0.717, 1.165) is 15.6 Å². The SMILES string of the molecule is COc1ccc(C(=O)Nc2ccc(C(=O)C3=Cc4c(c(Br)c5c(c4OC)OCO5)CCN3C)cc2)cc1. The quantitative estimate of drug-likeness (QED) is 0.414. The molecule has 0 bridgehead atoms. The number of rotatable bonds is 6. The summed E-state index contributed by atoms with van der Waals surface area (Å²) in [6, 6.07) is 13.7. The number of nitrogens with one attached hydrogen (secondary N) is 1. The Morgan fingerprint density at radius 3 is 2.30 bits per heavy atom. The van der Waals surface area contributed by atoms with E-state index in [1.807, 2.05) is 18.0 Å². The Bertz CT molecular complexity index is 1400. The van der Waals surface area contributed by atoms with Crippen molar-refractivity contribution in [3.05, 3.63) is 81.0 Å². The molecule has 0 aliphatic carbocycles. The summed E-state index contributed by atoms with van der Waals surface area (Å²) in [6.07, 6.45) is 2.53. The van der Waals surface area contributed by atoms with Crippen molar-refractivity contribution >= 4 is 39.4 Å². The largest absolute Gasteiger partial charge is 0.497 e. The molecule has 5 rings (SSSR count). The molecule has 2 aliphatic rings. The second-order valence-corrected chi connectivity index (χ2v) is 9.39. The number of benzene rings is 3. The van der Waals surface area contributed by atoms with Crippen LogP contribution in [0.25, 0.3) is 6.08 Å². The summed E-state index contributed by atoms with van der Waals surface area (Å²) in [5.41, 5.74) is 3.90. The Labute approximate surface area is 222 Å². The number of ether oxygens (including phenoxy) is 4. The first kappa shape index (κ1) is 24.7. The van der Waals surface area contributed by atoms with Crippen LogP contribution in [0, 0.1) is 0 Å². The molecular formula is C28H25BrN2O6. The van der Waals surface area contributed by atoms with E-state index < -0.39 is 0 Å². The third kappa shape index (κ3) is 4.62. The smallest absolute Gasteiger partial charge is 0.255 e. The van der Waals surface area contributed by atoms with E-state index in [9.17, 15) is 9.59 Å². The molecule has 0 saturated carbocycles. The van der Waals surface area contributed by atoms with Crippen LogP contribution in [0.4, 0.5) is 5.69 Å². The van der Waals surface area contributed by atoms with Crippen LogP contribution >= 0.6 is 15.9 Å². The summed E-state index contributed by atoms with van der Waals surface area (Å²) in [5, 5.41) is 2.85. The normalized spacial score (nSPS) is 13.8. The minimum absolute atomic E-state index is 0.115. The van der Waals surface area contributed by atoms with Crippen molar-refractivity contribution in [3.63, 3.8) is 0 Å². The maximum absolute atomic E-state index is 13.6. The number of carbonyl (C=O) groups is 2. The first-order chi connectivity index (χ1) is 17.9. The summed E-state index contributed by atoms with van der Waals surface area (Å²) in [7, 11) is 5.04. The number of Topliss-reactive ketones (excluding diaryl/α,β-unsaturated/α-hetero) is 1. The van der Waals surface area contributed by atoms with Gasteiger partial charge in [0.05, 0.1) is 24.4 Å². The molecule has 0 unspecified atom stereocenters. The van der Waals surface area contributed by atoms with Crippen LogP contribution in [0.15, 0.2) is 58.7 Å². The van der Waals surface area contributed by atoms with Gasteiger partial charge < -0.3 is 29.2 Å². The lowest BCUT2D eigenvalue weighted by molar-refractivity contribution is 0.0999. The number of halogens is 1. The zero-order valence-corrected chi connectivity index (χ0v) is 22.2. The zero-order chi connectivity index (χ0) is 26.1. The molecule has 2 aliphatic heterocycles. The second kappa shape index (κ2) is 10.2. The molecule has 37 heavy (non-hydrogen) atoms. The number of methoxy groups -OCH3 is 2. The van der Waals surface area contributed by atoms with Gasteiger partial charge in [-0.25, -0.2) is 0 Å². The van der Waals surface area contributed by atoms with Gasteiger partial charge in [0.15, 0.2) is 11.5 Å². The van der Waals surface area contributed by atoms with E-state index in [-0.39, 0.29) is 18.5 Å². The average Bonchev–Trinajstić information content (AvgIpc) is 3.34. The molecule has 190 valence electrons. The summed E-state index contributed by atoms with van der Waals surface area (Å²) < 4.78 is 22.9. The Balaban J connectivity index is 1.41. The van der Waals surface area contributed by atoms with Gasteiger partial charge in [0, 0.05) is 36.0 Å². The fourth-order valence-electron chi connectivity index (χ4n) is 4.41. The third-order valence-corrected chi connectivity index (χ3v) is 7.28. The van der Waals surface area contributed by atoms with Crippen LogP contribution in [0.1, 0.15) is 31.8 Å². The molecule has 3 aromatic carbocycles. The van der Waals surface area contributed by atoms with Gasteiger partial charge in [-0.1, -0.05) is 0 Å². The molecule has 9 heteroatoms. The standard InChI is InChI=1S/C28H25BrN2O6/c1-31-13-12-20-21(25(35-3)27-26(23(20)29)36-15-37-27)14-22(31)24(32)16-4-8-18(9-5-16)30-28(33)17-6-10-19(34-2)11-7-17/h4-11,14H,12-13,15H2,1-3H3,(H,30,33). The van der Waals surface area contributed by atoms with E-state index in [1.54, 1.807) is 62.8 Å². The number of hydrogen-bond donors (Lipinski definition) is 1. The zero-order valence-electron chi connectivity index (χ0n) is 20.6. The highest BCUT2D eigenvalue weighted by Crippen LogP contribution is 2.51. The fourth-order valence-corrected chi connectivity index (χ4v) is 5.12. The molecule has 8 nitrogen and oxygen atoms in total. The van der Waals surface area contributed by atoms with Gasteiger partial charge in [-0.3, -0.25) is 9.59 Å². The number of likely N-dealkylation sites (N-methyl/N-ethyl adjacent to an activating group) is 1. The number of allylic oxidation sites excluding steroid dienone is 1. The van der Waals surface area contributed by atoms with Gasteiger partial charge in [-0.2, -0.15) is 0 Å². The van der Waals surface area contributed by atoms with Crippen molar-refractivity contribution < 1.29 is 28.5 Å². The third-order valence-electron chi connectivity index (χ3n) is 6.44. The maximum Gasteiger partial charge on any atom is 0.255 e. The van der Waals surface area contributed by atoms with Crippen molar-refractivity contribution in [2.75, 3.05) is 39.9 Å². The Morgan fingerprint density at radius 2 is 1.62 bits per heavy atom. The highest BCUT2D eigenvalue weighted by Gasteiger charge is 2.31. The first-order valence-electron chi connectivity index (χ1n) is 11.6. The van der Waals surface area contributed by atoms with Gasteiger partial charge in [0.1, 0.15) is 5.75 Å². The van der Waals surface area contributed by atoms with Crippen LogP contribution in [-0.2, 0) is 6.42 Å². The van der Waals surface area contributed by atoms with E-state index in [2.05, 4.69) is 21.2 Å². The van der Waals surface area contributed by atoms with Gasteiger partial charge in [0.2, 0.25) is 18.3 Å². The first-order valence-corrected chi connectivity index (χ1v) is 12.4. The minimum Gasteiger partial charge on any atom is -0.497 e. The van der Waals surface area contributed by atoms with Crippen LogP contribution in [-0.4, -0.2) is 51.2 Å². The topological polar surface area (TPSA) is 86.3 Å². The molecule has 0 spiro atoms. The molecule has 3 aromatic rings. The number of fused-ring (bicyclic) bond motifs is 2. The summed E-state index contributed by atoms with van der Waals surface area (Å²) in [5.74, 6) is 1.98. The van der Waals surface area contributed by atoms with E-state index in [1.165, 1.54) is 0 Å². The number of ketones is 1. The Kier molecular flexibility index (Phi) is 6.80. The molecular weight excluding hydrogens is 540 g/mol. The van der Waals surface area contributed by atoms with Crippen LogP contribution in [0.5, 0.6) is 23.0 Å². The summed E-state index contributed by atoms with van der Waals surface area (Å²) in [4.78, 5) is 28.1. The van der Waals surface area contributed by atoms with E-state index in [4.69, 9.17) is 18.9 Å². The Hall–Kier alpha value is -3.98. The minimum atomic E-state index is -0.249. The van der Waals surface area contributed by atoms with E-state index >= 15 is 0 Å². The lowest BCUT2D eigenvalue weighted by atomic mass is 10.0. The number of carbonyl (C=O) groups excluding carboxylic acids is 2. The maximum atomic E-state index is 13.6. The van der Waals surface area contributed by atoms with Crippen molar-refractivity contribution in [1.82, 2.24) is 4.90 Å². The lowest BCUT2D eigenvalue weighted by Gasteiger charge is -2.20. The van der Waals surface area contributed by atoms with Crippen molar-refractivity contribution in [2.24, 2.45) is 0 Å². The predicted molar refractivity (Wildman–Crippen MR) is 143 cm³/mol. The molecule has 1 N–H and O–H groups in total. The second-order valence-electron chi connectivity index (χ2n) is 8.59. The molecule has 0 saturated heterocycles. The Morgan fingerprint density at radius 1 is 0.946 bits per heavy atom. The summed E-state index contributed by atoms with van der Waals surface area (Å²) in [6.45, 7) is 0.742. The van der Waals surface area contributed by atoms with Gasteiger partial charge in [0.25, 0.3) is 5.91 Å². The molecule has 0 atom stereocenters. The summed E-state index contributed by atoms with van der Waals surface area (Å²) >= 11 is 3.66. The van der Waals surface area contributed by atoms with Gasteiger partial charge in [-0.15, -0.1) is 0 Å². The molecule has 1 amide bonds. The number of anilines is 1. The number of hydrogen-bond acceptors (Lipinski definition) is 7. The number of nitrogens with zero attached hydrogens (tertiary/aromatic N) is 1. The van der Waals surface area contributed by atoms with Crippen LogP contribution in [0.3, 0.4) is 0 Å². The fraction of sp³-hybridized carbons (Fsp3) is 0.214. The molecule has 0 aromatic heterocycles. The van der Waals surface area contributed by atoms with Gasteiger partial charge >= 0.3 is 0 Å². The van der Waals surface area contributed by atoms with E-state index in [0.29, 0.717) is 58.5 Å². The van der Waals surface area contributed by atoms with Crippen molar-refractivity contribution in [3.8, 4) is 23.0 Å². The average molecular weight is 565 g/mol. The van der Waals surface area contributed by atoms with Crippen molar-refractivity contribution in [1.29, 1.82) is 0 Å². The highest BCUT2D eigenvalue weighted by atomic mass is 79.9. The molecule has 2 heterocycles. The van der Waals surface area contributed by atoms with Crippen molar-refractivity contribution in [2.45, 2.75) is 6.42 Å².